The molecule has 0 aliphatic heterocycles. The molecule has 3 rings (SSSR count). The maximum absolute atomic E-state index is 12.4. The van der Waals surface area contributed by atoms with Crippen molar-refractivity contribution in [1.29, 1.82) is 0 Å². The van der Waals surface area contributed by atoms with Crippen LogP contribution in [0.25, 0.3) is 0 Å². The molecule has 0 saturated heterocycles. The van der Waals surface area contributed by atoms with Gasteiger partial charge in [-0.05, 0) is 55.8 Å². The van der Waals surface area contributed by atoms with Crippen LogP contribution in [0.1, 0.15) is 18.3 Å². The second kappa shape index (κ2) is 9.11. The minimum atomic E-state index is -3.53. The molecular weight excluding hydrogens is 410 g/mol. The van der Waals surface area contributed by atoms with Crippen molar-refractivity contribution in [3.8, 4) is 0 Å². The number of anilines is 4. The van der Waals surface area contributed by atoms with Crippen LogP contribution in [0, 0.1) is 6.92 Å². The number of aryl methyl sites for hydroxylation is 1. The van der Waals surface area contributed by atoms with Gasteiger partial charge in [-0.2, -0.15) is 0 Å². The molecular formula is C20H22ClN5O2S. The number of nitrogens with zero attached hydrogens (tertiary/aromatic N) is 2. The van der Waals surface area contributed by atoms with E-state index in [1.54, 1.807) is 48.5 Å². The van der Waals surface area contributed by atoms with Crippen molar-refractivity contribution in [2.45, 2.75) is 19.6 Å². The summed E-state index contributed by atoms with van der Waals surface area (Å²) in [7, 11) is -3.53. The fraction of sp³-hybridized carbons (Fsp3) is 0.200. The Hall–Kier alpha value is -2.84. The quantitative estimate of drug-likeness (QED) is 0.484. The number of rotatable bonds is 8. The molecule has 29 heavy (non-hydrogen) atoms. The van der Waals surface area contributed by atoms with Gasteiger partial charge in [0.2, 0.25) is 10.0 Å². The van der Waals surface area contributed by atoms with E-state index < -0.39 is 10.0 Å². The van der Waals surface area contributed by atoms with Crippen LogP contribution >= 0.6 is 11.6 Å². The molecule has 0 radical (unpaired) electrons. The Balaban J connectivity index is 1.66. The molecule has 3 aromatic rings. The van der Waals surface area contributed by atoms with E-state index in [4.69, 9.17) is 11.6 Å². The molecule has 0 aliphatic rings. The Bertz CT molecular complexity index is 1070. The van der Waals surface area contributed by atoms with Crippen LogP contribution in [-0.4, -0.2) is 24.9 Å². The summed E-state index contributed by atoms with van der Waals surface area (Å²) in [6, 6.07) is 15.5. The van der Waals surface area contributed by atoms with E-state index in [1.165, 1.54) is 0 Å². The molecule has 0 unspecified atom stereocenters. The minimum absolute atomic E-state index is 0.127. The summed E-state index contributed by atoms with van der Waals surface area (Å²) in [6.45, 7) is 4.59. The van der Waals surface area contributed by atoms with Crippen LogP contribution in [-0.2, 0) is 15.8 Å². The van der Waals surface area contributed by atoms with E-state index in [0.717, 1.165) is 18.1 Å². The molecule has 1 aromatic heterocycles. The SMILES string of the molecule is CCNc1cc(Nc2ccc(NS(=O)(=O)Cc3ccc(Cl)cc3)cc2)nc(C)n1. The molecule has 0 spiro atoms. The Labute approximate surface area is 175 Å². The standard InChI is InChI=1S/C20H22ClN5O2S/c1-3-22-19-12-20(24-14(2)23-19)25-17-8-10-18(11-9-17)26-29(27,28)13-15-4-6-16(21)7-5-15/h4-12,26H,3,13H2,1-2H3,(H2,22,23,24,25). The van der Waals surface area contributed by atoms with E-state index in [0.29, 0.717) is 27.9 Å². The first-order chi connectivity index (χ1) is 13.8. The summed E-state index contributed by atoms with van der Waals surface area (Å²) in [5.41, 5.74) is 1.93. The zero-order chi connectivity index (χ0) is 20.9. The van der Waals surface area contributed by atoms with Gasteiger partial charge in [0.1, 0.15) is 17.5 Å². The average molecular weight is 432 g/mol. The van der Waals surface area contributed by atoms with Crippen LogP contribution in [0.15, 0.2) is 54.6 Å². The van der Waals surface area contributed by atoms with Crippen LogP contribution < -0.4 is 15.4 Å². The van der Waals surface area contributed by atoms with Gasteiger partial charge in [0, 0.05) is 29.0 Å². The highest BCUT2D eigenvalue weighted by molar-refractivity contribution is 7.91. The van der Waals surface area contributed by atoms with E-state index in [9.17, 15) is 8.42 Å². The lowest BCUT2D eigenvalue weighted by molar-refractivity contribution is 0.600. The summed E-state index contributed by atoms with van der Waals surface area (Å²) >= 11 is 5.84. The molecule has 0 saturated carbocycles. The summed E-state index contributed by atoms with van der Waals surface area (Å²) in [4.78, 5) is 8.68. The Morgan fingerprint density at radius 2 is 1.55 bits per heavy atom. The van der Waals surface area contributed by atoms with Crippen molar-refractivity contribution in [2.24, 2.45) is 0 Å². The molecule has 9 heteroatoms. The third kappa shape index (κ3) is 6.33. The number of aromatic nitrogens is 2. The van der Waals surface area contributed by atoms with Gasteiger partial charge in [-0.3, -0.25) is 4.72 Å². The monoisotopic (exact) mass is 431 g/mol. The smallest absolute Gasteiger partial charge is 0.236 e. The van der Waals surface area contributed by atoms with Crippen molar-refractivity contribution in [1.82, 2.24) is 9.97 Å². The molecule has 7 nitrogen and oxygen atoms in total. The summed E-state index contributed by atoms with van der Waals surface area (Å²) in [5.74, 6) is 1.92. The number of hydrogen-bond donors (Lipinski definition) is 3. The molecule has 0 amide bonds. The first-order valence-electron chi connectivity index (χ1n) is 9.04. The summed E-state index contributed by atoms with van der Waals surface area (Å²) in [6.07, 6.45) is 0. The van der Waals surface area contributed by atoms with Gasteiger partial charge in [0.25, 0.3) is 0 Å². The van der Waals surface area contributed by atoms with Gasteiger partial charge in [0.15, 0.2) is 0 Å². The lowest BCUT2D eigenvalue weighted by Crippen LogP contribution is -2.15. The van der Waals surface area contributed by atoms with Gasteiger partial charge >= 0.3 is 0 Å². The highest BCUT2D eigenvalue weighted by Gasteiger charge is 2.12. The van der Waals surface area contributed by atoms with Gasteiger partial charge in [0.05, 0.1) is 5.75 Å². The average Bonchev–Trinajstić information content (AvgIpc) is 2.65. The first kappa shape index (κ1) is 20.9. The van der Waals surface area contributed by atoms with Gasteiger partial charge in [-0.15, -0.1) is 0 Å². The first-order valence-corrected chi connectivity index (χ1v) is 11.1. The second-order valence-corrected chi connectivity index (χ2v) is 8.56. The molecule has 152 valence electrons. The molecule has 0 bridgehead atoms. The Morgan fingerprint density at radius 3 is 2.21 bits per heavy atom. The van der Waals surface area contributed by atoms with Crippen molar-refractivity contribution >= 4 is 44.6 Å². The second-order valence-electron chi connectivity index (χ2n) is 6.41. The molecule has 0 fully saturated rings. The lowest BCUT2D eigenvalue weighted by atomic mass is 10.2. The van der Waals surface area contributed by atoms with Crippen molar-refractivity contribution in [3.05, 3.63) is 71.0 Å². The third-order valence-electron chi connectivity index (χ3n) is 3.90. The normalized spacial score (nSPS) is 11.1. The van der Waals surface area contributed by atoms with E-state index in [2.05, 4.69) is 25.3 Å². The summed E-state index contributed by atoms with van der Waals surface area (Å²) < 4.78 is 27.3. The van der Waals surface area contributed by atoms with Crippen molar-refractivity contribution < 1.29 is 8.42 Å². The number of hydrogen-bond acceptors (Lipinski definition) is 6. The molecule has 1 heterocycles. The zero-order valence-corrected chi connectivity index (χ0v) is 17.7. The van der Waals surface area contributed by atoms with E-state index in [-0.39, 0.29) is 5.75 Å². The Morgan fingerprint density at radius 1 is 0.931 bits per heavy atom. The number of halogens is 1. The Kier molecular flexibility index (Phi) is 6.56. The third-order valence-corrected chi connectivity index (χ3v) is 5.41. The summed E-state index contributed by atoms with van der Waals surface area (Å²) in [5, 5.41) is 6.92. The highest BCUT2D eigenvalue weighted by atomic mass is 35.5. The number of benzene rings is 2. The molecule has 2 aromatic carbocycles. The highest BCUT2D eigenvalue weighted by Crippen LogP contribution is 2.21. The maximum atomic E-state index is 12.4. The maximum Gasteiger partial charge on any atom is 0.236 e. The zero-order valence-electron chi connectivity index (χ0n) is 16.1. The van der Waals surface area contributed by atoms with E-state index >= 15 is 0 Å². The minimum Gasteiger partial charge on any atom is -0.370 e. The predicted molar refractivity (Wildman–Crippen MR) is 118 cm³/mol. The van der Waals surface area contributed by atoms with Crippen molar-refractivity contribution in [3.63, 3.8) is 0 Å². The van der Waals surface area contributed by atoms with Gasteiger partial charge in [-0.1, -0.05) is 23.7 Å². The molecule has 3 N–H and O–H groups in total. The number of sulfonamides is 1. The predicted octanol–water partition coefficient (Wildman–Crippen LogP) is 4.56. The van der Waals surface area contributed by atoms with E-state index in [1.807, 2.05) is 19.9 Å². The topological polar surface area (TPSA) is 96.0 Å². The van der Waals surface area contributed by atoms with Crippen LogP contribution in [0.4, 0.5) is 23.0 Å². The van der Waals surface area contributed by atoms with Gasteiger partial charge < -0.3 is 10.6 Å². The van der Waals surface area contributed by atoms with Gasteiger partial charge in [-0.25, -0.2) is 18.4 Å². The van der Waals surface area contributed by atoms with Crippen LogP contribution in [0.5, 0.6) is 0 Å². The fourth-order valence-electron chi connectivity index (χ4n) is 2.69. The number of nitrogens with one attached hydrogen (secondary N) is 3. The van der Waals surface area contributed by atoms with Crippen molar-refractivity contribution in [2.75, 3.05) is 21.9 Å². The largest absolute Gasteiger partial charge is 0.370 e. The fourth-order valence-corrected chi connectivity index (χ4v) is 4.01. The molecule has 0 aliphatic carbocycles. The lowest BCUT2D eigenvalue weighted by Gasteiger charge is -2.11. The van der Waals surface area contributed by atoms with Crippen LogP contribution in [0.2, 0.25) is 5.02 Å². The van der Waals surface area contributed by atoms with Crippen LogP contribution in [0.3, 0.4) is 0 Å². The molecule has 0 atom stereocenters.